The van der Waals surface area contributed by atoms with Crippen LogP contribution in [0.3, 0.4) is 0 Å². The van der Waals surface area contributed by atoms with E-state index in [0.29, 0.717) is 30.6 Å². The maximum absolute atomic E-state index is 14.6. The van der Waals surface area contributed by atoms with E-state index < -0.39 is 11.8 Å². The van der Waals surface area contributed by atoms with Crippen molar-refractivity contribution in [3.05, 3.63) is 34.1 Å². The van der Waals surface area contributed by atoms with Crippen molar-refractivity contribution in [2.75, 3.05) is 13.2 Å². The number of unbranched alkanes of at least 4 members (excludes halogenated alkanes) is 2. The third kappa shape index (κ3) is 4.61. The van der Waals surface area contributed by atoms with Gasteiger partial charge in [-0.2, -0.15) is 0 Å². The number of esters is 1. The molecule has 1 aromatic heterocycles. The summed E-state index contributed by atoms with van der Waals surface area (Å²) in [5, 5.41) is 21.1. The summed E-state index contributed by atoms with van der Waals surface area (Å²) >= 11 is 6.05. The molecule has 1 aromatic carbocycles. The molecule has 0 saturated heterocycles. The molecule has 158 valence electrons. The molecule has 6 nitrogen and oxygen atoms in total. The minimum absolute atomic E-state index is 0.0269. The Labute approximate surface area is 173 Å². The SMILES string of the molecule is CCCCCOC(=O)COc1cc(-n2c(O)c3c(c2O)CCCC3)c(F)cc1Cl. The van der Waals surface area contributed by atoms with Gasteiger partial charge in [-0.1, -0.05) is 31.4 Å². The molecule has 0 bridgehead atoms. The highest BCUT2D eigenvalue weighted by Gasteiger charge is 2.27. The number of aromatic hydroxyl groups is 2. The molecule has 0 saturated carbocycles. The molecule has 0 fully saturated rings. The Morgan fingerprint density at radius 1 is 1.17 bits per heavy atom. The van der Waals surface area contributed by atoms with Crippen molar-refractivity contribution >= 4 is 17.6 Å². The van der Waals surface area contributed by atoms with Gasteiger partial charge in [0.25, 0.3) is 0 Å². The molecular formula is C21H25ClFNO5. The number of ether oxygens (including phenoxy) is 2. The second-order valence-electron chi connectivity index (χ2n) is 7.10. The van der Waals surface area contributed by atoms with Gasteiger partial charge in [0.05, 0.1) is 17.3 Å². The zero-order valence-corrected chi connectivity index (χ0v) is 17.1. The molecule has 0 aliphatic heterocycles. The van der Waals surface area contributed by atoms with Crippen molar-refractivity contribution in [2.24, 2.45) is 0 Å². The number of aromatic nitrogens is 1. The molecule has 0 amide bonds. The van der Waals surface area contributed by atoms with Crippen molar-refractivity contribution in [1.82, 2.24) is 4.57 Å². The van der Waals surface area contributed by atoms with E-state index in [4.69, 9.17) is 21.1 Å². The Kier molecular flexibility index (Phi) is 6.90. The number of fused-ring (bicyclic) bond motifs is 1. The van der Waals surface area contributed by atoms with E-state index in [-0.39, 0.29) is 34.8 Å². The first-order chi connectivity index (χ1) is 13.9. The van der Waals surface area contributed by atoms with Gasteiger partial charge in [0, 0.05) is 17.2 Å². The number of rotatable bonds is 8. The van der Waals surface area contributed by atoms with E-state index in [1.54, 1.807) is 0 Å². The van der Waals surface area contributed by atoms with Crippen molar-refractivity contribution < 1.29 is 28.9 Å². The van der Waals surface area contributed by atoms with Crippen LogP contribution in [0.2, 0.25) is 5.02 Å². The van der Waals surface area contributed by atoms with Gasteiger partial charge in [0.15, 0.2) is 6.61 Å². The third-order valence-corrected chi connectivity index (χ3v) is 5.33. The van der Waals surface area contributed by atoms with Crippen LogP contribution in [0, 0.1) is 5.82 Å². The van der Waals surface area contributed by atoms with Crippen molar-refractivity contribution in [1.29, 1.82) is 0 Å². The van der Waals surface area contributed by atoms with Crippen LogP contribution < -0.4 is 4.74 Å². The normalized spacial score (nSPS) is 13.2. The lowest BCUT2D eigenvalue weighted by Gasteiger charge is -2.13. The molecule has 1 aliphatic rings. The van der Waals surface area contributed by atoms with Gasteiger partial charge < -0.3 is 19.7 Å². The number of carbonyl (C=O) groups is 1. The second kappa shape index (κ2) is 9.39. The Balaban J connectivity index is 1.80. The summed E-state index contributed by atoms with van der Waals surface area (Å²) in [6.45, 7) is 1.99. The number of benzene rings is 1. The van der Waals surface area contributed by atoms with Crippen LogP contribution >= 0.6 is 11.6 Å². The topological polar surface area (TPSA) is 80.9 Å². The summed E-state index contributed by atoms with van der Waals surface area (Å²) in [6, 6.07) is 2.28. The minimum Gasteiger partial charge on any atom is -0.494 e. The highest BCUT2D eigenvalue weighted by atomic mass is 35.5. The monoisotopic (exact) mass is 425 g/mol. The van der Waals surface area contributed by atoms with Gasteiger partial charge in [-0.05, 0) is 38.2 Å². The lowest BCUT2D eigenvalue weighted by Crippen LogP contribution is -2.16. The Bertz CT molecular complexity index is 866. The molecule has 3 rings (SSSR count). The fourth-order valence-corrected chi connectivity index (χ4v) is 3.72. The number of nitrogens with zero attached hydrogens (tertiary/aromatic N) is 1. The third-order valence-electron chi connectivity index (χ3n) is 5.03. The zero-order chi connectivity index (χ0) is 21.0. The number of halogens is 2. The van der Waals surface area contributed by atoms with Gasteiger partial charge in [0.2, 0.25) is 11.8 Å². The average Bonchev–Trinajstić information content (AvgIpc) is 2.96. The maximum Gasteiger partial charge on any atom is 0.344 e. The first kappa shape index (κ1) is 21.3. The fourth-order valence-electron chi connectivity index (χ4n) is 3.51. The first-order valence-electron chi connectivity index (χ1n) is 9.86. The summed E-state index contributed by atoms with van der Waals surface area (Å²) in [7, 11) is 0. The smallest absolute Gasteiger partial charge is 0.344 e. The predicted octanol–water partition coefficient (Wildman–Crippen LogP) is 4.67. The number of carbonyl (C=O) groups excluding carboxylic acids is 1. The lowest BCUT2D eigenvalue weighted by atomic mass is 9.95. The molecular weight excluding hydrogens is 401 g/mol. The summed E-state index contributed by atoms with van der Waals surface area (Å²) in [4.78, 5) is 11.8. The van der Waals surface area contributed by atoms with E-state index in [9.17, 15) is 19.4 Å². The van der Waals surface area contributed by atoms with Gasteiger partial charge in [-0.25, -0.2) is 13.8 Å². The highest BCUT2D eigenvalue weighted by Crippen LogP contribution is 2.42. The standard InChI is InChI=1S/C21H25ClFNO5/c1-2-3-6-9-28-19(25)12-29-18-11-17(16(23)10-15(18)22)24-20(26)13-7-4-5-8-14(13)21(24)27/h10-11,26-27H,2-9,12H2,1H3. The van der Waals surface area contributed by atoms with Crippen molar-refractivity contribution in [3.63, 3.8) is 0 Å². The fraction of sp³-hybridized carbons (Fsp3) is 0.476. The summed E-state index contributed by atoms with van der Waals surface area (Å²) in [5.41, 5.74) is 1.15. The molecule has 0 atom stereocenters. The first-order valence-corrected chi connectivity index (χ1v) is 10.2. The zero-order valence-electron chi connectivity index (χ0n) is 16.3. The van der Waals surface area contributed by atoms with E-state index in [1.165, 1.54) is 6.07 Å². The molecule has 0 radical (unpaired) electrons. The molecule has 1 aliphatic carbocycles. The van der Waals surface area contributed by atoms with E-state index in [2.05, 4.69) is 6.92 Å². The van der Waals surface area contributed by atoms with E-state index in [0.717, 1.165) is 42.7 Å². The number of hydrogen-bond donors (Lipinski definition) is 2. The van der Waals surface area contributed by atoms with Gasteiger partial charge >= 0.3 is 5.97 Å². The predicted molar refractivity (Wildman–Crippen MR) is 107 cm³/mol. The molecule has 8 heteroatoms. The van der Waals surface area contributed by atoms with Crippen LogP contribution in [-0.2, 0) is 22.4 Å². The van der Waals surface area contributed by atoms with Crippen LogP contribution in [-0.4, -0.2) is 34.0 Å². The molecule has 2 N–H and O–H groups in total. The van der Waals surface area contributed by atoms with Crippen LogP contribution in [0.25, 0.3) is 5.69 Å². The van der Waals surface area contributed by atoms with Crippen molar-refractivity contribution in [3.8, 4) is 23.2 Å². The molecule has 0 spiro atoms. The van der Waals surface area contributed by atoms with Gasteiger partial charge in [-0.3, -0.25) is 0 Å². The molecule has 2 aromatic rings. The quantitative estimate of drug-likeness (QED) is 0.474. The summed E-state index contributed by atoms with van der Waals surface area (Å²) in [5.74, 6) is -1.62. The second-order valence-corrected chi connectivity index (χ2v) is 7.50. The van der Waals surface area contributed by atoms with Crippen molar-refractivity contribution in [2.45, 2.75) is 51.9 Å². The van der Waals surface area contributed by atoms with Crippen LogP contribution in [0.15, 0.2) is 12.1 Å². The van der Waals surface area contributed by atoms with Gasteiger partial charge in [0.1, 0.15) is 11.6 Å². The molecule has 29 heavy (non-hydrogen) atoms. The van der Waals surface area contributed by atoms with E-state index in [1.807, 2.05) is 0 Å². The molecule has 0 unspecified atom stereocenters. The van der Waals surface area contributed by atoms with Crippen LogP contribution in [0.1, 0.15) is 50.2 Å². The largest absolute Gasteiger partial charge is 0.494 e. The van der Waals surface area contributed by atoms with Crippen LogP contribution in [0.4, 0.5) is 4.39 Å². The van der Waals surface area contributed by atoms with Gasteiger partial charge in [-0.15, -0.1) is 0 Å². The molecule has 1 heterocycles. The Morgan fingerprint density at radius 3 is 2.45 bits per heavy atom. The lowest BCUT2D eigenvalue weighted by molar-refractivity contribution is -0.146. The highest BCUT2D eigenvalue weighted by molar-refractivity contribution is 6.32. The Hall–Kier alpha value is -2.41. The number of hydrogen-bond acceptors (Lipinski definition) is 5. The Morgan fingerprint density at radius 2 is 1.83 bits per heavy atom. The average molecular weight is 426 g/mol. The summed E-state index contributed by atoms with van der Waals surface area (Å²) in [6.07, 6.45) is 5.78. The maximum atomic E-state index is 14.6. The minimum atomic E-state index is -0.734. The van der Waals surface area contributed by atoms with Crippen LogP contribution in [0.5, 0.6) is 17.5 Å². The summed E-state index contributed by atoms with van der Waals surface area (Å²) < 4.78 is 26.1. The van der Waals surface area contributed by atoms with E-state index >= 15 is 0 Å².